The monoisotopic (exact) mass is 232 g/mol. The van der Waals surface area contributed by atoms with Crippen molar-refractivity contribution >= 4 is 18.1 Å². The maximum Gasteiger partial charge on any atom is 0.423 e. The summed E-state index contributed by atoms with van der Waals surface area (Å²) in [5.74, 6) is -0.907. The number of unbranched alkanes of at least 4 members (excludes halogenated alkanes) is 1. The van der Waals surface area contributed by atoms with Gasteiger partial charge in [0.1, 0.15) is 6.04 Å². The van der Waals surface area contributed by atoms with Crippen molar-refractivity contribution in [3.8, 4) is 0 Å². The number of amides is 3. The van der Waals surface area contributed by atoms with Gasteiger partial charge in [-0.3, -0.25) is 0 Å². The van der Waals surface area contributed by atoms with Crippen LogP contribution in [0.3, 0.4) is 0 Å². The van der Waals surface area contributed by atoms with E-state index in [2.05, 4.69) is 10.5 Å². The Labute approximate surface area is 92.5 Å². The first-order valence-electron chi connectivity index (χ1n) is 4.75. The van der Waals surface area contributed by atoms with Gasteiger partial charge in [-0.15, -0.1) is 0 Å². The van der Waals surface area contributed by atoms with E-state index in [4.69, 9.17) is 11.5 Å². The standard InChI is InChI=1S/C8H16N4O4/c9-4-2-1-3-5(10)6(13)16-8(15)12-7(11)14/h5H,1-4,9-10H2,(H3,11,12,14,15)/t5-/m0/s1. The van der Waals surface area contributed by atoms with Crippen LogP contribution in [0.2, 0.25) is 0 Å². The lowest BCUT2D eigenvalue weighted by Gasteiger charge is -2.09. The summed E-state index contributed by atoms with van der Waals surface area (Å²) in [6, 6.07) is -2.01. The molecule has 0 spiro atoms. The average molecular weight is 232 g/mol. The van der Waals surface area contributed by atoms with Crippen LogP contribution in [0, 0.1) is 0 Å². The molecule has 0 aliphatic carbocycles. The summed E-state index contributed by atoms with van der Waals surface area (Å²) in [7, 11) is 0. The van der Waals surface area contributed by atoms with Gasteiger partial charge in [-0.05, 0) is 19.4 Å². The molecule has 0 aliphatic rings. The Balaban J connectivity index is 3.86. The first-order valence-corrected chi connectivity index (χ1v) is 4.75. The molecule has 0 aromatic heterocycles. The zero-order valence-electron chi connectivity index (χ0n) is 8.77. The number of ether oxygens (including phenoxy) is 1. The molecule has 0 fully saturated rings. The summed E-state index contributed by atoms with van der Waals surface area (Å²) in [4.78, 5) is 32.1. The number of hydrogen-bond donors (Lipinski definition) is 4. The minimum atomic E-state index is -1.23. The molecule has 1 atom stereocenters. The highest BCUT2D eigenvalue weighted by Crippen LogP contribution is 1.99. The van der Waals surface area contributed by atoms with Crippen molar-refractivity contribution in [1.82, 2.24) is 5.32 Å². The largest absolute Gasteiger partial charge is 0.423 e. The van der Waals surface area contributed by atoms with Crippen LogP contribution in [-0.4, -0.2) is 30.7 Å². The molecule has 7 N–H and O–H groups in total. The number of primary amides is 1. The Morgan fingerprint density at radius 3 is 2.38 bits per heavy atom. The lowest BCUT2D eigenvalue weighted by Crippen LogP contribution is -2.40. The summed E-state index contributed by atoms with van der Waals surface area (Å²) in [6.45, 7) is 0.504. The first-order chi connectivity index (χ1) is 7.47. The van der Waals surface area contributed by atoms with Crippen molar-refractivity contribution in [2.45, 2.75) is 25.3 Å². The molecule has 8 heteroatoms. The highest BCUT2D eigenvalue weighted by atomic mass is 16.6. The maximum atomic E-state index is 11.1. The van der Waals surface area contributed by atoms with Crippen LogP contribution in [-0.2, 0) is 9.53 Å². The van der Waals surface area contributed by atoms with Gasteiger partial charge in [-0.25, -0.2) is 19.7 Å². The lowest BCUT2D eigenvalue weighted by atomic mass is 10.1. The van der Waals surface area contributed by atoms with Gasteiger partial charge in [0.05, 0.1) is 0 Å². The molecule has 0 saturated heterocycles. The van der Waals surface area contributed by atoms with E-state index >= 15 is 0 Å². The van der Waals surface area contributed by atoms with Gasteiger partial charge >= 0.3 is 18.1 Å². The fourth-order valence-electron chi connectivity index (χ4n) is 0.920. The predicted octanol–water partition coefficient (Wildman–Crippen LogP) is -1.23. The van der Waals surface area contributed by atoms with Crippen LogP contribution < -0.4 is 22.5 Å². The Hall–Kier alpha value is -1.67. The number of urea groups is 1. The third kappa shape index (κ3) is 6.74. The summed E-state index contributed by atoms with van der Waals surface area (Å²) in [5.41, 5.74) is 15.3. The number of nitrogens with two attached hydrogens (primary N) is 3. The molecular weight excluding hydrogens is 216 g/mol. The van der Waals surface area contributed by atoms with Crippen LogP contribution in [0.15, 0.2) is 0 Å². The number of nitrogens with one attached hydrogen (secondary N) is 1. The number of rotatable bonds is 5. The van der Waals surface area contributed by atoms with E-state index in [1.54, 1.807) is 5.32 Å². The minimum Gasteiger partial charge on any atom is -0.375 e. The molecular formula is C8H16N4O4. The van der Waals surface area contributed by atoms with Crippen molar-refractivity contribution in [2.75, 3.05) is 6.54 Å². The number of carbonyl (C=O) groups is 3. The number of imide groups is 1. The molecule has 0 aliphatic heterocycles. The van der Waals surface area contributed by atoms with Crippen LogP contribution >= 0.6 is 0 Å². The van der Waals surface area contributed by atoms with Gasteiger partial charge in [0.15, 0.2) is 0 Å². The highest BCUT2D eigenvalue weighted by molar-refractivity contribution is 5.95. The van der Waals surface area contributed by atoms with E-state index in [1.165, 1.54) is 0 Å². The summed E-state index contributed by atoms with van der Waals surface area (Å²) in [6.07, 6.45) is 0.519. The van der Waals surface area contributed by atoms with Crippen LogP contribution in [0.25, 0.3) is 0 Å². The van der Waals surface area contributed by atoms with E-state index in [9.17, 15) is 14.4 Å². The minimum absolute atomic E-state index is 0.361. The average Bonchev–Trinajstić information content (AvgIpc) is 2.16. The number of alkyl carbamates (subject to hydrolysis) is 1. The molecule has 16 heavy (non-hydrogen) atoms. The second-order valence-corrected chi connectivity index (χ2v) is 3.09. The second-order valence-electron chi connectivity index (χ2n) is 3.09. The van der Waals surface area contributed by atoms with Gasteiger partial charge in [0.2, 0.25) is 0 Å². The smallest absolute Gasteiger partial charge is 0.375 e. The van der Waals surface area contributed by atoms with Crippen molar-refractivity contribution in [3.63, 3.8) is 0 Å². The van der Waals surface area contributed by atoms with Gasteiger partial charge in [-0.1, -0.05) is 6.42 Å². The molecule has 3 amide bonds. The highest BCUT2D eigenvalue weighted by Gasteiger charge is 2.18. The number of carbonyl (C=O) groups excluding carboxylic acids is 3. The Morgan fingerprint density at radius 1 is 1.25 bits per heavy atom. The molecule has 8 nitrogen and oxygen atoms in total. The molecule has 0 heterocycles. The quantitative estimate of drug-likeness (QED) is 0.265. The first kappa shape index (κ1) is 14.3. The Kier molecular flexibility index (Phi) is 6.81. The normalized spacial score (nSPS) is 11.6. The van der Waals surface area contributed by atoms with E-state index in [1.807, 2.05) is 0 Å². The third-order valence-electron chi connectivity index (χ3n) is 1.69. The van der Waals surface area contributed by atoms with E-state index in [-0.39, 0.29) is 0 Å². The van der Waals surface area contributed by atoms with Crippen molar-refractivity contribution < 1.29 is 19.1 Å². The molecule has 0 unspecified atom stereocenters. The zero-order valence-corrected chi connectivity index (χ0v) is 8.77. The van der Waals surface area contributed by atoms with E-state index in [0.29, 0.717) is 19.4 Å². The SMILES string of the molecule is NCCCC[C@H](N)C(=O)OC(=O)NC(N)=O. The van der Waals surface area contributed by atoms with Gasteiger partial charge in [0, 0.05) is 0 Å². The van der Waals surface area contributed by atoms with Gasteiger partial charge in [0.25, 0.3) is 0 Å². The summed E-state index contributed by atoms with van der Waals surface area (Å²) < 4.78 is 4.21. The summed E-state index contributed by atoms with van der Waals surface area (Å²) in [5, 5.41) is 1.58. The van der Waals surface area contributed by atoms with Crippen LogP contribution in [0.1, 0.15) is 19.3 Å². The molecule has 0 rings (SSSR count). The molecule has 0 radical (unpaired) electrons. The number of esters is 1. The fraction of sp³-hybridized carbons (Fsp3) is 0.625. The maximum absolute atomic E-state index is 11.1. The zero-order chi connectivity index (χ0) is 12.6. The molecule has 0 aromatic carbocycles. The van der Waals surface area contributed by atoms with Crippen LogP contribution in [0.4, 0.5) is 9.59 Å². The Bertz CT molecular complexity index is 269. The Morgan fingerprint density at radius 2 is 1.88 bits per heavy atom. The second kappa shape index (κ2) is 7.60. The van der Waals surface area contributed by atoms with Crippen molar-refractivity contribution in [3.05, 3.63) is 0 Å². The van der Waals surface area contributed by atoms with E-state index in [0.717, 1.165) is 6.42 Å². The van der Waals surface area contributed by atoms with Crippen molar-refractivity contribution in [2.24, 2.45) is 17.2 Å². The molecule has 0 aromatic rings. The summed E-state index contributed by atoms with van der Waals surface area (Å²) >= 11 is 0. The van der Waals surface area contributed by atoms with Crippen LogP contribution in [0.5, 0.6) is 0 Å². The predicted molar refractivity (Wildman–Crippen MR) is 55.1 cm³/mol. The molecule has 92 valence electrons. The lowest BCUT2D eigenvalue weighted by molar-refractivity contribution is -0.138. The third-order valence-corrected chi connectivity index (χ3v) is 1.69. The van der Waals surface area contributed by atoms with Gasteiger partial charge in [-0.2, -0.15) is 0 Å². The fourth-order valence-corrected chi connectivity index (χ4v) is 0.920. The number of hydrogen-bond acceptors (Lipinski definition) is 6. The topological polar surface area (TPSA) is 151 Å². The van der Waals surface area contributed by atoms with E-state index < -0.39 is 24.1 Å². The molecule has 0 bridgehead atoms. The van der Waals surface area contributed by atoms with Crippen molar-refractivity contribution in [1.29, 1.82) is 0 Å². The molecule has 0 saturated carbocycles. The van der Waals surface area contributed by atoms with Gasteiger partial charge < -0.3 is 21.9 Å².